The average molecular weight is 340 g/mol. The van der Waals surface area contributed by atoms with Crippen molar-refractivity contribution < 1.29 is 23.1 Å². The van der Waals surface area contributed by atoms with Crippen molar-refractivity contribution in [3.05, 3.63) is 29.8 Å². The number of nitrogens with zero attached hydrogens (tertiary/aromatic N) is 1. The van der Waals surface area contributed by atoms with Crippen LogP contribution in [0.1, 0.15) is 30.1 Å². The number of carboxylic acids is 1. The minimum absolute atomic E-state index is 0.0692. The largest absolute Gasteiger partial charge is 0.478 e. The average Bonchev–Trinajstić information content (AvgIpc) is 2.55. The van der Waals surface area contributed by atoms with E-state index >= 15 is 0 Å². The highest BCUT2D eigenvalue weighted by Gasteiger charge is 2.30. The van der Waals surface area contributed by atoms with Crippen molar-refractivity contribution in [2.45, 2.75) is 19.8 Å². The molecular weight excluding hydrogens is 320 g/mol. The second kappa shape index (κ2) is 7.10. The number of rotatable bonds is 5. The predicted octanol–water partition coefficient (Wildman–Crippen LogP) is 1.38. The number of nitrogens with one attached hydrogen (secondary N) is 1. The molecule has 1 aromatic rings. The lowest BCUT2D eigenvalue weighted by molar-refractivity contribution is -0.120. The van der Waals surface area contributed by atoms with Crippen LogP contribution >= 0.6 is 0 Å². The van der Waals surface area contributed by atoms with Crippen LogP contribution < -0.4 is 5.32 Å². The number of aromatic carboxylic acids is 1. The first kappa shape index (κ1) is 17.4. The van der Waals surface area contributed by atoms with Gasteiger partial charge in [-0.1, -0.05) is 0 Å². The second-order valence-electron chi connectivity index (χ2n) is 5.45. The highest BCUT2D eigenvalue weighted by molar-refractivity contribution is 7.89. The number of carboxylic acid groups (broad SMARTS) is 1. The van der Waals surface area contributed by atoms with Crippen LogP contribution in [0.5, 0.6) is 0 Å². The number of hydrogen-bond donors (Lipinski definition) is 2. The summed E-state index contributed by atoms with van der Waals surface area (Å²) in [6.07, 6.45) is 0.969. The van der Waals surface area contributed by atoms with Gasteiger partial charge in [-0.25, -0.2) is 17.5 Å². The van der Waals surface area contributed by atoms with E-state index in [4.69, 9.17) is 5.11 Å². The Morgan fingerprint density at radius 1 is 1.22 bits per heavy atom. The van der Waals surface area contributed by atoms with E-state index in [1.807, 2.05) is 0 Å². The van der Waals surface area contributed by atoms with E-state index in [2.05, 4.69) is 5.32 Å². The van der Waals surface area contributed by atoms with Gasteiger partial charge in [0.15, 0.2) is 0 Å². The fourth-order valence-corrected chi connectivity index (χ4v) is 3.65. The van der Waals surface area contributed by atoms with Crippen molar-refractivity contribution in [3.8, 4) is 0 Å². The topological polar surface area (TPSA) is 104 Å². The Balaban J connectivity index is 1.91. The van der Waals surface area contributed by atoms with E-state index < -0.39 is 16.0 Å². The molecule has 126 valence electrons. The zero-order chi connectivity index (χ0) is 17.0. The van der Waals surface area contributed by atoms with Crippen LogP contribution in [-0.2, 0) is 14.8 Å². The number of hydrogen-bond acceptors (Lipinski definition) is 4. The minimum Gasteiger partial charge on any atom is -0.478 e. The highest BCUT2D eigenvalue weighted by Crippen LogP contribution is 2.21. The van der Waals surface area contributed by atoms with Crippen molar-refractivity contribution in [1.82, 2.24) is 4.31 Å². The summed E-state index contributed by atoms with van der Waals surface area (Å²) in [7, 11) is -3.20. The molecule has 0 unspecified atom stereocenters. The molecule has 2 N–H and O–H groups in total. The third-order valence-corrected chi connectivity index (χ3v) is 5.86. The minimum atomic E-state index is -3.20. The van der Waals surface area contributed by atoms with Crippen molar-refractivity contribution in [2.24, 2.45) is 5.92 Å². The van der Waals surface area contributed by atoms with Crippen LogP contribution in [0.4, 0.5) is 5.69 Å². The molecule has 1 aliphatic heterocycles. The second-order valence-corrected chi connectivity index (χ2v) is 7.70. The summed E-state index contributed by atoms with van der Waals surface area (Å²) in [4.78, 5) is 23.0. The molecule has 0 spiro atoms. The van der Waals surface area contributed by atoms with Gasteiger partial charge in [0, 0.05) is 24.7 Å². The Morgan fingerprint density at radius 3 is 2.26 bits per heavy atom. The van der Waals surface area contributed by atoms with E-state index in [1.54, 1.807) is 6.92 Å². The molecule has 1 aromatic carbocycles. The summed E-state index contributed by atoms with van der Waals surface area (Å²) in [6, 6.07) is 5.93. The normalized spacial score (nSPS) is 16.9. The molecule has 1 saturated heterocycles. The van der Waals surface area contributed by atoms with E-state index in [0.29, 0.717) is 31.6 Å². The molecule has 23 heavy (non-hydrogen) atoms. The summed E-state index contributed by atoms with van der Waals surface area (Å²) in [6.45, 7) is 2.31. The van der Waals surface area contributed by atoms with Crippen molar-refractivity contribution in [2.75, 3.05) is 24.2 Å². The Morgan fingerprint density at radius 2 is 1.78 bits per heavy atom. The smallest absolute Gasteiger partial charge is 0.335 e. The Labute approximate surface area is 135 Å². The molecule has 1 amide bonds. The molecule has 0 aromatic heterocycles. The first-order valence-electron chi connectivity index (χ1n) is 7.45. The molecule has 7 nitrogen and oxygen atoms in total. The zero-order valence-electron chi connectivity index (χ0n) is 12.9. The molecule has 1 fully saturated rings. The van der Waals surface area contributed by atoms with Gasteiger partial charge in [-0.2, -0.15) is 0 Å². The lowest BCUT2D eigenvalue weighted by atomic mass is 9.97. The maximum atomic E-state index is 12.2. The van der Waals surface area contributed by atoms with Crippen LogP contribution in [-0.4, -0.2) is 48.5 Å². The lowest BCUT2D eigenvalue weighted by Gasteiger charge is -2.30. The van der Waals surface area contributed by atoms with Gasteiger partial charge >= 0.3 is 5.97 Å². The molecule has 0 aliphatic carbocycles. The van der Waals surface area contributed by atoms with Crippen molar-refractivity contribution >= 4 is 27.6 Å². The number of carbonyl (C=O) groups excluding carboxylic acids is 1. The molecule has 1 heterocycles. The summed E-state index contributed by atoms with van der Waals surface area (Å²) in [5.41, 5.74) is 0.685. The number of carbonyl (C=O) groups is 2. The molecule has 0 bridgehead atoms. The Bertz CT molecular complexity index is 676. The van der Waals surface area contributed by atoms with Gasteiger partial charge in [-0.05, 0) is 44.0 Å². The van der Waals surface area contributed by atoms with Crippen LogP contribution in [0.15, 0.2) is 24.3 Å². The number of anilines is 1. The fraction of sp³-hybridized carbons (Fsp3) is 0.467. The Hall–Kier alpha value is -1.93. The molecule has 1 aliphatic rings. The van der Waals surface area contributed by atoms with Gasteiger partial charge in [-0.3, -0.25) is 4.79 Å². The van der Waals surface area contributed by atoms with E-state index in [9.17, 15) is 18.0 Å². The third-order valence-electron chi connectivity index (χ3n) is 3.98. The number of benzene rings is 1. The van der Waals surface area contributed by atoms with Crippen LogP contribution in [0.3, 0.4) is 0 Å². The number of amides is 1. The standard InChI is InChI=1S/C15H20N2O5S/c1-2-23(21,22)17-9-7-11(8-10-17)14(18)16-13-5-3-12(4-6-13)15(19)20/h3-6,11H,2,7-10H2,1H3,(H,16,18)(H,19,20). The van der Waals surface area contributed by atoms with Gasteiger partial charge in [0.25, 0.3) is 0 Å². The van der Waals surface area contributed by atoms with E-state index in [1.165, 1.54) is 28.6 Å². The van der Waals surface area contributed by atoms with Crippen LogP contribution in [0.2, 0.25) is 0 Å². The lowest BCUT2D eigenvalue weighted by Crippen LogP contribution is -2.42. The van der Waals surface area contributed by atoms with Gasteiger partial charge in [0.05, 0.1) is 11.3 Å². The molecule has 0 atom stereocenters. The first-order chi connectivity index (χ1) is 10.8. The zero-order valence-corrected chi connectivity index (χ0v) is 13.7. The van der Waals surface area contributed by atoms with Gasteiger partial charge in [0.2, 0.25) is 15.9 Å². The molecule has 2 rings (SSSR count). The van der Waals surface area contributed by atoms with E-state index in [0.717, 1.165) is 0 Å². The maximum absolute atomic E-state index is 12.2. The SMILES string of the molecule is CCS(=O)(=O)N1CCC(C(=O)Nc2ccc(C(=O)O)cc2)CC1. The molecule has 0 radical (unpaired) electrons. The fourth-order valence-electron chi connectivity index (χ4n) is 2.52. The predicted molar refractivity (Wildman–Crippen MR) is 85.8 cm³/mol. The van der Waals surface area contributed by atoms with Gasteiger partial charge in [-0.15, -0.1) is 0 Å². The van der Waals surface area contributed by atoms with Crippen LogP contribution in [0.25, 0.3) is 0 Å². The Kier molecular flexibility index (Phi) is 5.38. The summed E-state index contributed by atoms with van der Waals surface area (Å²) in [5.74, 6) is -1.36. The molecule has 8 heteroatoms. The van der Waals surface area contributed by atoms with Crippen molar-refractivity contribution in [1.29, 1.82) is 0 Å². The quantitative estimate of drug-likeness (QED) is 0.843. The number of piperidine rings is 1. The van der Waals surface area contributed by atoms with Crippen LogP contribution in [0, 0.1) is 5.92 Å². The van der Waals surface area contributed by atoms with Crippen molar-refractivity contribution in [3.63, 3.8) is 0 Å². The summed E-state index contributed by atoms with van der Waals surface area (Å²) < 4.78 is 25.0. The third kappa shape index (κ3) is 4.29. The van der Waals surface area contributed by atoms with E-state index in [-0.39, 0.29) is 23.1 Å². The molecule has 0 saturated carbocycles. The number of sulfonamides is 1. The highest BCUT2D eigenvalue weighted by atomic mass is 32.2. The molecular formula is C15H20N2O5S. The maximum Gasteiger partial charge on any atom is 0.335 e. The van der Waals surface area contributed by atoms with Gasteiger partial charge in [0.1, 0.15) is 0 Å². The summed E-state index contributed by atoms with van der Waals surface area (Å²) >= 11 is 0. The first-order valence-corrected chi connectivity index (χ1v) is 9.06. The summed E-state index contributed by atoms with van der Waals surface area (Å²) in [5, 5.41) is 11.6. The monoisotopic (exact) mass is 340 g/mol. The van der Waals surface area contributed by atoms with Gasteiger partial charge < -0.3 is 10.4 Å².